The first kappa shape index (κ1) is 13.8. The standard InChI is InChI=1S/C15H23N3O/c1-4-5-7-12-8-6-9-18(12)15(19)14-10-13(11(2)3)16-17-14/h6,8,10-12H,4-5,7,9H2,1-3H3,(H,16,17). The Bertz CT molecular complexity index is 462. The number of hydrogen-bond acceptors (Lipinski definition) is 2. The summed E-state index contributed by atoms with van der Waals surface area (Å²) in [5.41, 5.74) is 1.55. The Kier molecular flexibility index (Phi) is 4.40. The number of nitrogens with one attached hydrogen (secondary N) is 1. The van der Waals surface area contributed by atoms with Crippen molar-refractivity contribution in [1.29, 1.82) is 0 Å². The first-order valence-electron chi connectivity index (χ1n) is 7.16. The van der Waals surface area contributed by atoms with Gasteiger partial charge in [0.15, 0.2) is 0 Å². The number of aromatic amines is 1. The van der Waals surface area contributed by atoms with E-state index in [-0.39, 0.29) is 11.9 Å². The third-order valence-corrected chi connectivity index (χ3v) is 3.61. The molecule has 1 N–H and O–H groups in total. The van der Waals surface area contributed by atoms with E-state index in [2.05, 4.69) is 43.1 Å². The molecule has 1 unspecified atom stereocenters. The van der Waals surface area contributed by atoms with Gasteiger partial charge in [-0.25, -0.2) is 0 Å². The molecular formula is C15H23N3O. The van der Waals surface area contributed by atoms with E-state index in [0.717, 1.165) is 25.0 Å². The number of aromatic nitrogens is 2. The first-order valence-corrected chi connectivity index (χ1v) is 7.16. The van der Waals surface area contributed by atoms with Crippen LogP contribution in [0.2, 0.25) is 0 Å². The monoisotopic (exact) mass is 261 g/mol. The molecular weight excluding hydrogens is 238 g/mol. The summed E-state index contributed by atoms with van der Waals surface area (Å²) >= 11 is 0. The molecule has 1 aliphatic heterocycles. The molecule has 1 aromatic heterocycles. The van der Waals surface area contributed by atoms with Gasteiger partial charge in [0.25, 0.3) is 5.91 Å². The van der Waals surface area contributed by atoms with E-state index < -0.39 is 0 Å². The lowest BCUT2D eigenvalue weighted by Crippen LogP contribution is -2.36. The maximum Gasteiger partial charge on any atom is 0.275 e. The topological polar surface area (TPSA) is 49.0 Å². The maximum atomic E-state index is 12.5. The fraction of sp³-hybridized carbons (Fsp3) is 0.600. The number of carbonyl (C=O) groups excluding carboxylic acids is 1. The summed E-state index contributed by atoms with van der Waals surface area (Å²) in [6.07, 6.45) is 7.57. The van der Waals surface area contributed by atoms with Crippen molar-refractivity contribution in [3.05, 3.63) is 29.6 Å². The van der Waals surface area contributed by atoms with Crippen molar-refractivity contribution in [1.82, 2.24) is 15.1 Å². The Hall–Kier alpha value is -1.58. The van der Waals surface area contributed by atoms with Crippen molar-refractivity contribution in [3.63, 3.8) is 0 Å². The van der Waals surface area contributed by atoms with Gasteiger partial charge in [0, 0.05) is 12.2 Å². The molecule has 2 heterocycles. The van der Waals surface area contributed by atoms with Gasteiger partial charge in [-0.15, -0.1) is 0 Å². The average molecular weight is 261 g/mol. The number of unbranched alkanes of at least 4 members (excludes halogenated alkanes) is 1. The summed E-state index contributed by atoms with van der Waals surface area (Å²) in [6, 6.07) is 2.12. The summed E-state index contributed by atoms with van der Waals surface area (Å²) in [6.45, 7) is 7.05. The second kappa shape index (κ2) is 6.04. The number of hydrogen-bond donors (Lipinski definition) is 1. The van der Waals surface area contributed by atoms with Crippen molar-refractivity contribution in [2.75, 3.05) is 6.54 Å². The van der Waals surface area contributed by atoms with Gasteiger partial charge >= 0.3 is 0 Å². The summed E-state index contributed by atoms with van der Waals surface area (Å²) in [4.78, 5) is 14.4. The molecule has 0 fully saturated rings. The molecule has 2 rings (SSSR count). The molecule has 0 saturated heterocycles. The van der Waals surface area contributed by atoms with Crippen LogP contribution in [0.3, 0.4) is 0 Å². The van der Waals surface area contributed by atoms with Gasteiger partial charge in [0.2, 0.25) is 0 Å². The molecule has 0 radical (unpaired) electrons. The van der Waals surface area contributed by atoms with E-state index in [1.54, 1.807) is 0 Å². The molecule has 104 valence electrons. The van der Waals surface area contributed by atoms with Crippen LogP contribution < -0.4 is 0 Å². The van der Waals surface area contributed by atoms with Gasteiger partial charge in [-0.05, 0) is 18.4 Å². The lowest BCUT2D eigenvalue weighted by Gasteiger charge is -2.23. The summed E-state index contributed by atoms with van der Waals surface area (Å²) < 4.78 is 0. The minimum atomic E-state index is 0.0363. The van der Waals surface area contributed by atoms with E-state index in [1.165, 1.54) is 0 Å². The quantitative estimate of drug-likeness (QED) is 0.828. The van der Waals surface area contributed by atoms with E-state index in [1.807, 2.05) is 11.0 Å². The van der Waals surface area contributed by atoms with Gasteiger partial charge in [0.05, 0.1) is 6.04 Å². The van der Waals surface area contributed by atoms with E-state index in [0.29, 0.717) is 18.2 Å². The molecule has 0 bridgehead atoms. The van der Waals surface area contributed by atoms with E-state index in [9.17, 15) is 4.79 Å². The number of rotatable bonds is 5. The highest BCUT2D eigenvalue weighted by Gasteiger charge is 2.26. The zero-order valence-electron chi connectivity index (χ0n) is 12.0. The van der Waals surface area contributed by atoms with Crippen LogP contribution in [0.15, 0.2) is 18.2 Å². The highest BCUT2D eigenvalue weighted by Crippen LogP contribution is 2.20. The first-order chi connectivity index (χ1) is 9.13. The molecule has 4 heteroatoms. The Balaban J connectivity index is 2.05. The van der Waals surface area contributed by atoms with Crippen molar-refractivity contribution < 1.29 is 4.79 Å². The minimum Gasteiger partial charge on any atom is -0.327 e. The van der Waals surface area contributed by atoms with Crippen LogP contribution in [0.5, 0.6) is 0 Å². The second-order valence-corrected chi connectivity index (χ2v) is 5.46. The fourth-order valence-electron chi connectivity index (χ4n) is 2.36. The van der Waals surface area contributed by atoms with Crippen LogP contribution in [0, 0.1) is 0 Å². The maximum absolute atomic E-state index is 12.5. The molecule has 0 spiro atoms. The lowest BCUT2D eigenvalue weighted by molar-refractivity contribution is 0.0737. The number of H-pyrrole nitrogens is 1. The van der Waals surface area contributed by atoms with Crippen LogP contribution in [-0.2, 0) is 0 Å². The van der Waals surface area contributed by atoms with Gasteiger partial charge in [-0.1, -0.05) is 45.8 Å². The Morgan fingerprint density at radius 1 is 1.58 bits per heavy atom. The molecule has 1 atom stereocenters. The Morgan fingerprint density at radius 2 is 2.37 bits per heavy atom. The number of amides is 1. The predicted octanol–water partition coefficient (Wildman–Crippen LogP) is 3.10. The highest BCUT2D eigenvalue weighted by atomic mass is 16.2. The van der Waals surface area contributed by atoms with Crippen LogP contribution in [-0.4, -0.2) is 33.6 Å². The van der Waals surface area contributed by atoms with Crippen LogP contribution >= 0.6 is 0 Å². The van der Waals surface area contributed by atoms with Gasteiger partial charge in [0.1, 0.15) is 5.69 Å². The Morgan fingerprint density at radius 3 is 3.00 bits per heavy atom. The largest absolute Gasteiger partial charge is 0.327 e. The zero-order chi connectivity index (χ0) is 13.8. The fourth-order valence-corrected chi connectivity index (χ4v) is 2.36. The third-order valence-electron chi connectivity index (χ3n) is 3.61. The Labute approximate surface area is 114 Å². The second-order valence-electron chi connectivity index (χ2n) is 5.46. The van der Waals surface area contributed by atoms with Crippen LogP contribution in [0.25, 0.3) is 0 Å². The molecule has 19 heavy (non-hydrogen) atoms. The highest BCUT2D eigenvalue weighted by molar-refractivity contribution is 5.93. The molecule has 0 aliphatic carbocycles. The van der Waals surface area contributed by atoms with Crippen molar-refractivity contribution in [2.24, 2.45) is 0 Å². The van der Waals surface area contributed by atoms with Crippen molar-refractivity contribution in [3.8, 4) is 0 Å². The number of nitrogens with zero attached hydrogens (tertiary/aromatic N) is 2. The van der Waals surface area contributed by atoms with Crippen molar-refractivity contribution in [2.45, 2.75) is 52.0 Å². The molecule has 1 amide bonds. The average Bonchev–Trinajstić information content (AvgIpc) is 3.04. The van der Waals surface area contributed by atoms with Crippen molar-refractivity contribution >= 4 is 5.91 Å². The number of carbonyl (C=O) groups is 1. The van der Waals surface area contributed by atoms with E-state index in [4.69, 9.17) is 0 Å². The normalized spacial score (nSPS) is 18.5. The van der Waals surface area contributed by atoms with Gasteiger partial charge in [-0.3, -0.25) is 9.89 Å². The van der Waals surface area contributed by atoms with Gasteiger partial charge < -0.3 is 4.90 Å². The summed E-state index contributed by atoms with van der Waals surface area (Å²) in [7, 11) is 0. The SMILES string of the molecule is CCCCC1C=CCN1C(=O)c1cc(C(C)C)[nH]n1. The van der Waals surface area contributed by atoms with E-state index >= 15 is 0 Å². The smallest absolute Gasteiger partial charge is 0.275 e. The predicted molar refractivity (Wildman–Crippen MR) is 76.2 cm³/mol. The van der Waals surface area contributed by atoms with Gasteiger partial charge in [-0.2, -0.15) is 5.10 Å². The molecule has 0 aromatic carbocycles. The molecule has 1 aliphatic rings. The zero-order valence-corrected chi connectivity index (χ0v) is 12.0. The lowest BCUT2D eigenvalue weighted by atomic mass is 10.1. The summed E-state index contributed by atoms with van der Waals surface area (Å²) in [5.74, 6) is 0.399. The molecule has 4 nitrogen and oxygen atoms in total. The minimum absolute atomic E-state index is 0.0363. The third kappa shape index (κ3) is 3.06. The van der Waals surface area contributed by atoms with Crippen LogP contribution in [0.1, 0.15) is 62.1 Å². The molecule has 0 saturated carbocycles. The van der Waals surface area contributed by atoms with Crippen LogP contribution in [0.4, 0.5) is 0 Å². The molecule has 1 aromatic rings. The summed E-state index contributed by atoms with van der Waals surface area (Å²) in [5, 5.41) is 7.10.